The van der Waals surface area contributed by atoms with Crippen LogP contribution in [0.4, 0.5) is 4.39 Å². The molecule has 2 atom stereocenters. The van der Waals surface area contributed by atoms with Gasteiger partial charge in [0.25, 0.3) is 0 Å². The van der Waals surface area contributed by atoms with Gasteiger partial charge in [-0.15, -0.1) is 0 Å². The molecule has 3 nitrogen and oxygen atoms in total. The SMILES string of the molecule is CC(C#N)CNC(C)c1cncc(F)c1. The monoisotopic (exact) mass is 207 g/mol. The number of nitrogens with one attached hydrogen (secondary N) is 1. The smallest absolute Gasteiger partial charge is 0.141 e. The zero-order valence-electron chi connectivity index (χ0n) is 8.87. The van der Waals surface area contributed by atoms with Gasteiger partial charge in [0, 0.05) is 18.8 Å². The second-order valence-corrected chi connectivity index (χ2v) is 3.60. The van der Waals surface area contributed by atoms with Crippen molar-refractivity contribution in [2.75, 3.05) is 6.54 Å². The molecule has 0 aliphatic carbocycles. The van der Waals surface area contributed by atoms with E-state index in [0.717, 1.165) is 5.56 Å². The summed E-state index contributed by atoms with van der Waals surface area (Å²) in [5.74, 6) is -0.386. The van der Waals surface area contributed by atoms with Gasteiger partial charge in [0.05, 0.1) is 18.2 Å². The summed E-state index contributed by atoms with van der Waals surface area (Å²) >= 11 is 0. The summed E-state index contributed by atoms with van der Waals surface area (Å²) in [5, 5.41) is 11.7. The van der Waals surface area contributed by atoms with Gasteiger partial charge < -0.3 is 5.32 Å². The lowest BCUT2D eigenvalue weighted by Gasteiger charge is -2.14. The molecule has 1 rings (SSSR count). The van der Waals surface area contributed by atoms with Gasteiger partial charge in [0.2, 0.25) is 0 Å². The van der Waals surface area contributed by atoms with E-state index in [4.69, 9.17) is 5.26 Å². The topological polar surface area (TPSA) is 48.7 Å². The molecule has 0 aliphatic rings. The Morgan fingerprint density at radius 3 is 2.87 bits per heavy atom. The van der Waals surface area contributed by atoms with Crippen LogP contribution in [0.1, 0.15) is 25.5 Å². The molecule has 2 unspecified atom stereocenters. The van der Waals surface area contributed by atoms with Crippen molar-refractivity contribution in [3.63, 3.8) is 0 Å². The van der Waals surface area contributed by atoms with Crippen LogP contribution in [0.25, 0.3) is 0 Å². The van der Waals surface area contributed by atoms with E-state index >= 15 is 0 Å². The first-order chi connectivity index (χ1) is 7.13. The number of pyridine rings is 1. The minimum Gasteiger partial charge on any atom is -0.309 e. The van der Waals surface area contributed by atoms with Gasteiger partial charge in [-0.25, -0.2) is 4.39 Å². The molecule has 1 aromatic heterocycles. The lowest BCUT2D eigenvalue weighted by Crippen LogP contribution is -2.24. The van der Waals surface area contributed by atoms with Crippen LogP contribution >= 0.6 is 0 Å². The van der Waals surface area contributed by atoms with Gasteiger partial charge in [-0.2, -0.15) is 5.26 Å². The van der Waals surface area contributed by atoms with Crippen molar-refractivity contribution in [1.29, 1.82) is 5.26 Å². The number of halogens is 1. The maximum absolute atomic E-state index is 12.8. The average molecular weight is 207 g/mol. The highest BCUT2D eigenvalue weighted by Crippen LogP contribution is 2.11. The van der Waals surface area contributed by atoms with E-state index in [1.165, 1.54) is 12.3 Å². The minimum atomic E-state index is -0.338. The maximum atomic E-state index is 12.8. The third-order valence-electron chi connectivity index (χ3n) is 2.18. The predicted molar refractivity (Wildman–Crippen MR) is 55.4 cm³/mol. The molecule has 0 bridgehead atoms. The van der Waals surface area contributed by atoms with Crippen LogP contribution in [0.2, 0.25) is 0 Å². The Hall–Kier alpha value is -1.47. The van der Waals surface area contributed by atoms with E-state index in [0.29, 0.717) is 6.54 Å². The van der Waals surface area contributed by atoms with Gasteiger partial charge >= 0.3 is 0 Å². The van der Waals surface area contributed by atoms with Crippen molar-refractivity contribution in [3.05, 3.63) is 29.8 Å². The van der Waals surface area contributed by atoms with Gasteiger partial charge in [-0.3, -0.25) is 4.98 Å². The van der Waals surface area contributed by atoms with E-state index in [-0.39, 0.29) is 17.8 Å². The third-order valence-corrected chi connectivity index (χ3v) is 2.18. The Morgan fingerprint density at radius 1 is 1.53 bits per heavy atom. The molecule has 80 valence electrons. The van der Waals surface area contributed by atoms with Crippen molar-refractivity contribution >= 4 is 0 Å². The quantitative estimate of drug-likeness (QED) is 0.821. The van der Waals surface area contributed by atoms with Crippen molar-refractivity contribution in [1.82, 2.24) is 10.3 Å². The van der Waals surface area contributed by atoms with Crippen LogP contribution in [0.3, 0.4) is 0 Å². The number of nitriles is 1. The van der Waals surface area contributed by atoms with Crippen molar-refractivity contribution in [3.8, 4) is 6.07 Å². The molecular formula is C11H14FN3. The Kier molecular flexibility index (Phi) is 4.19. The molecule has 0 spiro atoms. The standard InChI is InChI=1S/C11H14FN3/c1-8(4-13)5-15-9(2)10-3-11(12)7-14-6-10/h3,6-9,15H,5H2,1-2H3. The van der Waals surface area contributed by atoms with Crippen molar-refractivity contribution in [2.45, 2.75) is 19.9 Å². The van der Waals surface area contributed by atoms with Crippen LogP contribution in [-0.4, -0.2) is 11.5 Å². The number of rotatable bonds is 4. The zero-order chi connectivity index (χ0) is 11.3. The number of hydrogen-bond donors (Lipinski definition) is 1. The molecule has 0 saturated carbocycles. The molecule has 1 aromatic rings. The predicted octanol–water partition coefficient (Wildman–Crippen LogP) is 2.03. The fourth-order valence-electron chi connectivity index (χ4n) is 1.18. The fourth-order valence-corrected chi connectivity index (χ4v) is 1.18. The summed E-state index contributed by atoms with van der Waals surface area (Å²) in [7, 11) is 0. The molecular weight excluding hydrogens is 193 g/mol. The number of aromatic nitrogens is 1. The van der Waals surface area contributed by atoms with E-state index in [9.17, 15) is 4.39 Å². The lowest BCUT2D eigenvalue weighted by atomic mass is 10.1. The summed E-state index contributed by atoms with van der Waals surface area (Å²) in [5.41, 5.74) is 0.792. The zero-order valence-corrected chi connectivity index (χ0v) is 8.87. The minimum absolute atomic E-state index is 0.00370. The lowest BCUT2D eigenvalue weighted by molar-refractivity contribution is 0.522. The highest BCUT2D eigenvalue weighted by molar-refractivity contribution is 5.14. The molecule has 0 aliphatic heterocycles. The molecule has 0 aromatic carbocycles. The summed E-state index contributed by atoms with van der Waals surface area (Å²) in [4.78, 5) is 3.77. The Morgan fingerprint density at radius 2 is 2.27 bits per heavy atom. The first-order valence-corrected chi connectivity index (χ1v) is 4.87. The van der Waals surface area contributed by atoms with Crippen LogP contribution in [-0.2, 0) is 0 Å². The summed E-state index contributed by atoms with van der Waals surface area (Å²) in [6.07, 6.45) is 2.80. The van der Waals surface area contributed by atoms with Gasteiger partial charge in [-0.1, -0.05) is 0 Å². The Bertz CT molecular complexity index is 359. The highest BCUT2D eigenvalue weighted by Gasteiger charge is 2.07. The van der Waals surface area contributed by atoms with Crippen LogP contribution in [0.15, 0.2) is 18.5 Å². The third kappa shape index (κ3) is 3.64. The summed E-state index contributed by atoms with van der Waals surface area (Å²) < 4.78 is 12.8. The largest absolute Gasteiger partial charge is 0.309 e. The fraction of sp³-hybridized carbons (Fsp3) is 0.455. The highest BCUT2D eigenvalue weighted by atomic mass is 19.1. The molecule has 4 heteroatoms. The molecule has 1 heterocycles. The number of nitrogens with zero attached hydrogens (tertiary/aromatic N) is 2. The second kappa shape index (κ2) is 5.42. The molecule has 0 radical (unpaired) electrons. The molecule has 0 amide bonds. The Labute approximate surface area is 88.9 Å². The van der Waals surface area contributed by atoms with E-state index in [1.807, 2.05) is 13.8 Å². The van der Waals surface area contributed by atoms with Crippen LogP contribution in [0, 0.1) is 23.1 Å². The average Bonchev–Trinajstić information content (AvgIpc) is 2.25. The summed E-state index contributed by atoms with van der Waals surface area (Å²) in [6, 6.07) is 3.58. The normalized spacial score (nSPS) is 14.3. The van der Waals surface area contributed by atoms with E-state index in [1.54, 1.807) is 6.20 Å². The first-order valence-electron chi connectivity index (χ1n) is 4.87. The maximum Gasteiger partial charge on any atom is 0.141 e. The molecule has 0 saturated heterocycles. The van der Waals surface area contributed by atoms with Gasteiger partial charge in [-0.05, 0) is 25.5 Å². The first kappa shape index (κ1) is 11.6. The van der Waals surface area contributed by atoms with Crippen molar-refractivity contribution in [2.24, 2.45) is 5.92 Å². The van der Waals surface area contributed by atoms with E-state index in [2.05, 4.69) is 16.4 Å². The van der Waals surface area contributed by atoms with Crippen LogP contribution in [0.5, 0.6) is 0 Å². The van der Waals surface area contributed by atoms with Crippen molar-refractivity contribution < 1.29 is 4.39 Å². The van der Waals surface area contributed by atoms with Gasteiger partial charge in [0.1, 0.15) is 5.82 Å². The van der Waals surface area contributed by atoms with E-state index < -0.39 is 0 Å². The van der Waals surface area contributed by atoms with Gasteiger partial charge in [0.15, 0.2) is 0 Å². The molecule has 15 heavy (non-hydrogen) atoms. The van der Waals surface area contributed by atoms with Crippen LogP contribution < -0.4 is 5.32 Å². The second-order valence-electron chi connectivity index (χ2n) is 3.60. The molecule has 1 N–H and O–H groups in total. The molecule has 0 fully saturated rings. The summed E-state index contributed by atoms with van der Waals surface area (Å²) in [6.45, 7) is 4.35. The number of hydrogen-bond acceptors (Lipinski definition) is 3. The Balaban J connectivity index is 2.54.